The second-order valence-corrected chi connectivity index (χ2v) is 9.30. The Hall–Kier alpha value is -3.89. The predicted octanol–water partition coefficient (Wildman–Crippen LogP) is 4.43. The van der Waals surface area contributed by atoms with Crippen molar-refractivity contribution in [3.8, 4) is 11.3 Å². The highest BCUT2D eigenvalue weighted by Gasteiger charge is 2.34. The van der Waals surface area contributed by atoms with Gasteiger partial charge in [-0.3, -0.25) is 14.4 Å². The summed E-state index contributed by atoms with van der Waals surface area (Å²) in [5.74, 6) is -2.64. The number of benzene rings is 1. The van der Waals surface area contributed by atoms with Crippen LogP contribution in [0.15, 0.2) is 48.6 Å². The second-order valence-electron chi connectivity index (χ2n) is 9.30. The van der Waals surface area contributed by atoms with Gasteiger partial charge in [0.05, 0.1) is 17.9 Å². The molecule has 11 heteroatoms. The Morgan fingerprint density at radius 1 is 1.15 bits per heavy atom. The average Bonchev–Trinajstić information content (AvgIpc) is 3.55. The molecule has 0 aliphatic carbocycles. The fraction of sp³-hybridized carbons (Fsp3) is 0.429. The molecule has 1 aromatic heterocycles. The highest BCUT2D eigenvalue weighted by molar-refractivity contribution is 5.98. The maximum Gasteiger partial charge on any atom is 0.417 e. The molecule has 0 saturated carbocycles. The number of hydrogen-bond donors (Lipinski definition) is 3. The van der Waals surface area contributed by atoms with Gasteiger partial charge >= 0.3 is 12.1 Å². The number of alkyl halides is 3. The summed E-state index contributed by atoms with van der Waals surface area (Å²) in [6.45, 7) is 4.13. The Labute approximate surface area is 224 Å². The zero-order valence-electron chi connectivity index (χ0n) is 21.8. The van der Waals surface area contributed by atoms with E-state index in [4.69, 9.17) is 4.74 Å². The smallest absolute Gasteiger partial charge is 0.417 e. The third kappa shape index (κ3) is 8.05. The second kappa shape index (κ2) is 13.3. The number of Topliss-reactive ketones (excluding diaryl/α,β-unsaturated/α-hetero) is 1. The SMILES string of the molecule is CCOC(=O)/C=C/[C@@H](C[C@H]1CCNC1=O)NC(=O)[C@H](CC)CC(=O)c1ccc(-c2ccccc2C(F)(F)F)[nH]1. The van der Waals surface area contributed by atoms with E-state index in [1.165, 1.54) is 42.5 Å². The summed E-state index contributed by atoms with van der Waals surface area (Å²) >= 11 is 0. The van der Waals surface area contributed by atoms with Gasteiger partial charge < -0.3 is 20.4 Å². The van der Waals surface area contributed by atoms with E-state index in [9.17, 15) is 32.3 Å². The molecule has 0 bridgehead atoms. The number of nitrogens with one attached hydrogen (secondary N) is 3. The lowest BCUT2D eigenvalue weighted by molar-refractivity contribution is -0.138. The van der Waals surface area contributed by atoms with Gasteiger partial charge in [0.15, 0.2) is 5.78 Å². The number of rotatable bonds is 12. The lowest BCUT2D eigenvalue weighted by atomic mass is 9.94. The van der Waals surface area contributed by atoms with Crippen molar-refractivity contribution in [1.82, 2.24) is 15.6 Å². The van der Waals surface area contributed by atoms with Gasteiger partial charge in [-0.1, -0.05) is 31.2 Å². The van der Waals surface area contributed by atoms with E-state index in [0.29, 0.717) is 19.4 Å². The fourth-order valence-electron chi connectivity index (χ4n) is 4.48. The maximum atomic E-state index is 13.4. The number of esters is 1. The van der Waals surface area contributed by atoms with Crippen LogP contribution in [0.3, 0.4) is 0 Å². The number of carbonyl (C=O) groups excluding carboxylic acids is 4. The molecular weight excluding hydrogens is 515 g/mol. The van der Waals surface area contributed by atoms with Crippen molar-refractivity contribution in [2.45, 2.75) is 51.7 Å². The van der Waals surface area contributed by atoms with Crippen LogP contribution in [-0.4, -0.2) is 47.7 Å². The summed E-state index contributed by atoms with van der Waals surface area (Å²) in [5, 5.41) is 5.56. The van der Waals surface area contributed by atoms with Crippen LogP contribution in [0.25, 0.3) is 11.3 Å². The van der Waals surface area contributed by atoms with Crippen LogP contribution in [0.1, 0.15) is 55.6 Å². The van der Waals surface area contributed by atoms with Crippen LogP contribution in [0.2, 0.25) is 0 Å². The first-order valence-electron chi connectivity index (χ1n) is 12.8. The van der Waals surface area contributed by atoms with E-state index in [1.807, 2.05) is 0 Å². The number of amides is 2. The van der Waals surface area contributed by atoms with Gasteiger partial charge in [0.25, 0.3) is 0 Å². The van der Waals surface area contributed by atoms with Crippen molar-refractivity contribution in [3.05, 3.63) is 59.8 Å². The van der Waals surface area contributed by atoms with Crippen LogP contribution in [-0.2, 0) is 25.3 Å². The van der Waals surface area contributed by atoms with Gasteiger partial charge in [0.1, 0.15) is 0 Å². The molecule has 39 heavy (non-hydrogen) atoms. The first kappa shape index (κ1) is 29.7. The number of halogens is 3. The lowest BCUT2D eigenvalue weighted by Crippen LogP contribution is -2.40. The molecule has 8 nitrogen and oxygen atoms in total. The third-order valence-electron chi connectivity index (χ3n) is 6.58. The van der Waals surface area contributed by atoms with Gasteiger partial charge in [-0.05, 0) is 44.4 Å². The minimum atomic E-state index is -4.56. The molecule has 0 spiro atoms. The average molecular weight is 548 g/mol. The van der Waals surface area contributed by atoms with Crippen molar-refractivity contribution in [2.24, 2.45) is 11.8 Å². The summed E-state index contributed by atoms with van der Waals surface area (Å²) in [5.41, 5.74) is -0.673. The molecule has 1 aliphatic heterocycles. The molecule has 210 valence electrons. The van der Waals surface area contributed by atoms with Crippen LogP contribution >= 0.6 is 0 Å². The zero-order valence-corrected chi connectivity index (χ0v) is 21.8. The molecule has 1 aromatic carbocycles. The van der Waals surface area contributed by atoms with E-state index in [-0.39, 0.29) is 48.2 Å². The first-order valence-corrected chi connectivity index (χ1v) is 12.8. The normalized spacial score (nSPS) is 17.1. The van der Waals surface area contributed by atoms with Crippen LogP contribution in [0.5, 0.6) is 0 Å². The summed E-state index contributed by atoms with van der Waals surface area (Å²) in [6.07, 6.45) is -0.869. The number of aromatic nitrogens is 1. The summed E-state index contributed by atoms with van der Waals surface area (Å²) < 4.78 is 45.1. The molecule has 2 amide bonds. The van der Waals surface area contributed by atoms with E-state index in [1.54, 1.807) is 13.8 Å². The molecule has 0 unspecified atom stereocenters. The van der Waals surface area contributed by atoms with Crippen molar-refractivity contribution in [1.29, 1.82) is 0 Å². The van der Waals surface area contributed by atoms with Crippen LogP contribution in [0.4, 0.5) is 13.2 Å². The monoisotopic (exact) mass is 547 g/mol. The largest absolute Gasteiger partial charge is 0.463 e. The van der Waals surface area contributed by atoms with Gasteiger partial charge in [-0.15, -0.1) is 0 Å². The standard InChI is InChI=1S/C28H32F3N3O5/c1-3-17(27(38)33-19(9-12-25(36)39-4-2)15-18-13-14-32-26(18)37)16-24(35)23-11-10-22(34-23)20-7-5-6-8-21(20)28(29,30)31/h5-12,17-19,34H,3-4,13-16H2,1-2H3,(H,32,37)(H,33,38)/b12-9+/t17-,18-,19+/m1/s1. The van der Waals surface area contributed by atoms with Crippen molar-refractivity contribution >= 4 is 23.6 Å². The van der Waals surface area contributed by atoms with Crippen LogP contribution < -0.4 is 10.6 Å². The maximum absolute atomic E-state index is 13.4. The quantitative estimate of drug-likeness (QED) is 0.207. The number of ether oxygens (including phenoxy) is 1. The molecule has 3 N–H and O–H groups in total. The van der Waals surface area contributed by atoms with E-state index >= 15 is 0 Å². The Bertz CT molecular complexity index is 1220. The highest BCUT2D eigenvalue weighted by atomic mass is 19.4. The summed E-state index contributed by atoms with van der Waals surface area (Å²) in [7, 11) is 0. The minimum Gasteiger partial charge on any atom is -0.463 e. The number of aromatic amines is 1. The molecule has 3 rings (SSSR count). The fourth-order valence-corrected chi connectivity index (χ4v) is 4.48. The molecule has 1 saturated heterocycles. The third-order valence-corrected chi connectivity index (χ3v) is 6.58. The number of H-pyrrole nitrogens is 1. The zero-order chi connectivity index (χ0) is 28.6. The molecule has 1 aliphatic rings. The number of ketones is 1. The first-order chi connectivity index (χ1) is 18.5. The van der Waals surface area contributed by atoms with Gasteiger partial charge in [-0.25, -0.2) is 4.79 Å². The molecule has 1 fully saturated rings. The number of carbonyl (C=O) groups is 4. The Morgan fingerprint density at radius 2 is 1.90 bits per heavy atom. The molecule has 2 aromatic rings. The van der Waals surface area contributed by atoms with E-state index in [2.05, 4.69) is 15.6 Å². The topological polar surface area (TPSA) is 117 Å². The van der Waals surface area contributed by atoms with Crippen molar-refractivity contribution in [3.63, 3.8) is 0 Å². The minimum absolute atomic E-state index is 0.0824. The predicted molar refractivity (Wildman–Crippen MR) is 137 cm³/mol. The Balaban J connectivity index is 1.71. The molecular formula is C28H32F3N3O5. The Morgan fingerprint density at radius 3 is 2.54 bits per heavy atom. The molecule has 2 heterocycles. The van der Waals surface area contributed by atoms with Crippen molar-refractivity contribution in [2.75, 3.05) is 13.2 Å². The van der Waals surface area contributed by atoms with E-state index < -0.39 is 41.4 Å². The Kier molecular flexibility index (Phi) is 10.1. The lowest BCUT2D eigenvalue weighted by Gasteiger charge is -2.21. The number of hydrogen-bond acceptors (Lipinski definition) is 5. The summed E-state index contributed by atoms with van der Waals surface area (Å²) in [4.78, 5) is 52.7. The van der Waals surface area contributed by atoms with Gasteiger partial charge in [0.2, 0.25) is 11.8 Å². The van der Waals surface area contributed by atoms with Crippen molar-refractivity contribution < 1.29 is 37.1 Å². The van der Waals surface area contributed by atoms with Crippen LogP contribution in [0, 0.1) is 11.8 Å². The van der Waals surface area contributed by atoms with E-state index in [0.717, 1.165) is 6.07 Å². The molecule has 0 radical (unpaired) electrons. The van der Waals surface area contributed by atoms with Gasteiger partial charge in [-0.2, -0.15) is 13.2 Å². The van der Waals surface area contributed by atoms with Gasteiger partial charge in [0, 0.05) is 48.2 Å². The molecule has 3 atom stereocenters. The highest BCUT2D eigenvalue weighted by Crippen LogP contribution is 2.36. The summed E-state index contributed by atoms with van der Waals surface area (Å²) in [6, 6.07) is 7.22.